The van der Waals surface area contributed by atoms with Gasteiger partial charge in [-0.25, -0.2) is 0 Å². The highest BCUT2D eigenvalue weighted by atomic mass is 32.2. The van der Waals surface area contributed by atoms with E-state index < -0.39 is 0 Å². The molecule has 0 amide bonds. The SMILES string of the molecule is CCC1(C)CN(CCCSC)C(C)(C2CC2)CN1. The van der Waals surface area contributed by atoms with Crippen molar-refractivity contribution in [2.75, 3.05) is 31.6 Å². The minimum absolute atomic E-state index is 0.327. The van der Waals surface area contributed by atoms with E-state index in [2.05, 4.69) is 37.2 Å². The Labute approximate surface area is 117 Å². The van der Waals surface area contributed by atoms with Gasteiger partial charge in [0.25, 0.3) is 0 Å². The standard InChI is InChI=1S/C15H30N2S/c1-5-14(2)12-17(9-6-10-18-4)15(3,11-16-14)13-7-8-13/h13,16H,5-12H2,1-4H3. The molecular weight excluding hydrogens is 240 g/mol. The van der Waals surface area contributed by atoms with Crippen LogP contribution >= 0.6 is 11.8 Å². The van der Waals surface area contributed by atoms with Crippen molar-refractivity contribution in [1.29, 1.82) is 0 Å². The summed E-state index contributed by atoms with van der Waals surface area (Å²) in [6.45, 7) is 10.9. The summed E-state index contributed by atoms with van der Waals surface area (Å²) in [5, 5.41) is 3.83. The first-order valence-electron chi connectivity index (χ1n) is 7.53. The Balaban J connectivity index is 2.01. The maximum atomic E-state index is 3.83. The second-order valence-corrected chi connectivity index (χ2v) is 7.65. The molecule has 1 saturated carbocycles. The third-order valence-corrected chi connectivity index (χ3v) is 5.85. The largest absolute Gasteiger partial charge is 0.308 e. The lowest BCUT2D eigenvalue weighted by Gasteiger charge is -2.53. The van der Waals surface area contributed by atoms with Crippen molar-refractivity contribution in [2.45, 2.75) is 57.5 Å². The van der Waals surface area contributed by atoms with Gasteiger partial charge in [-0.2, -0.15) is 11.8 Å². The van der Waals surface area contributed by atoms with Gasteiger partial charge in [0, 0.05) is 24.2 Å². The number of hydrogen-bond acceptors (Lipinski definition) is 3. The molecule has 2 atom stereocenters. The van der Waals surface area contributed by atoms with Crippen LogP contribution in [0.3, 0.4) is 0 Å². The summed E-state index contributed by atoms with van der Waals surface area (Å²) in [4.78, 5) is 2.81. The van der Waals surface area contributed by atoms with Crippen molar-refractivity contribution in [3.63, 3.8) is 0 Å². The molecule has 0 aromatic carbocycles. The van der Waals surface area contributed by atoms with Crippen molar-refractivity contribution in [2.24, 2.45) is 5.92 Å². The molecule has 0 aromatic rings. The van der Waals surface area contributed by atoms with Crippen LogP contribution in [0.25, 0.3) is 0 Å². The molecule has 0 spiro atoms. The summed E-state index contributed by atoms with van der Waals surface area (Å²) in [7, 11) is 0. The number of thioether (sulfide) groups is 1. The van der Waals surface area contributed by atoms with Gasteiger partial charge >= 0.3 is 0 Å². The Kier molecular flexibility index (Phi) is 4.66. The molecule has 1 N–H and O–H groups in total. The fourth-order valence-electron chi connectivity index (χ4n) is 3.24. The quantitative estimate of drug-likeness (QED) is 0.747. The zero-order valence-corrected chi connectivity index (χ0v) is 13.4. The third kappa shape index (κ3) is 3.05. The summed E-state index contributed by atoms with van der Waals surface area (Å²) in [5.74, 6) is 2.24. The highest BCUT2D eigenvalue weighted by Gasteiger charge is 2.49. The zero-order valence-electron chi connectivity index (χ0n) is 12.6. The fourth-order valence-corrected chi connectivity index (χ4v) is 3.66. The normalized spacial score (nSPS) is 38.0. The van der Waals surface area contributed by atoms with Crippen LogP contribution in [-0.4, -0.2) is 47.6 Å². The van der Waals surface area contributed by atoms with Gasteiger partial charge in [0.2, 0.25) is 0 Å². The van der Waals surface area contributed by atoms with Gasteiger partial charge in [0.1, 0.15) is 0 Å². The number of rotatable bonds is 6. The molecule has 1 aliphatic heterocycles. The van der Waals surface area contributed by atoms with Gasteiger partial charge < -0.3 is 5.32 Å². The second-order valence-electron chi connectivity index (χ2n) is 6.67. The van der Waals surface area contributed by atoms with E-state index in [1.165, 1.54) is 51.1 Å². The fraction of sp³-hybridized carbons (Fsp3) is 1.00. The summed E-state index contributed by atoms with van der Waals surface area (Å²) in [6, 6.07) is 0. The first-order valence-corrected chi connectivity index (χ1v) is 8.92. The molecule has 0 aromatic heterocycles. The number of hydrogen-bond donors (Lipinski definition) is 1. The number of nitrogens with one attached hydrogen (secondary N) is 1. The van der Waals surface area contributed by atoms with E-state index in [0.717, 1.165) is 5.92 Å². The average molecular weight is 270 g/mol. The molecule has 18 heavy (non-hydrogen) atoms. The van der Waals surface area contributed by atoms with Gasteiger partial charge in [-0.3, -0.25) is 4.90 Å². The first kappa shape index (κ1) is 14.7. The lowest BCUT2D eigenvalue weighted by Crippen LogP contribution is -2.68. The minimum atomic E-state index is 0.327. The van der Waals surface area contributed by atoms with Crippen molar-refractivity contribution < 1.29 is 0 Å². The molecule has 0 bridgehead atoms. The summed E-state index contributed by atoms with van der Waals surface area (Å²) in [5.41, 5.74) is 0.751. The van der Waals surface area contributed by atoms with Crippen LogP contribution in [-0.2, 0) is 0 Å². The molecule has 2 unspecified atom stereocenters. The van der Waals surface area contributed by atoms with E-state index in [1.807, 2.05) is 11.8 Å². The molecule has 1 saturated heterocycles. The van der Waals surface area contributed by atoms with Crippen LogP contribution in [0.2, 0.25) is 0 Å². The maximum absolute atomic E-state index is 3.83. The average Bonchev–Trinajstić information content (AvgIpc) is 3.19. The topological polar surface area (TPSA) is 15.3 Å². The van der Waals surface area contributed by atoms with E-state index in [9.17, 15) is 0 Å². The second kappa shape index (κ2) is 5.72. The third-order valence-electron chi connectivity index (χ3n) is 5.15. The molecule has 0 radical (unpaired) electrons. The molecule has 2 rings (SSSR count). The maximum Gasteiger partial charge on any atom is 0.0334 e. The molecule has 1 heterocycles. The van der Waals surface area contributed by atoms with Crippen molar-refractivity contribution >= 4 is 11.8 Å². The summed E-state index contributed by atoms with van der Waals surface area (Å²) >= 11 is 1.98. The Morgan fingerprint density at radius 3 is 2.61 bits per heavy atom. The van der Waals surface area contributed by atoms with Gasteiger partial charge in [-0.05, 0) is 64.0 Å². The highest BCUT2D eigenvalue weighted by Crippen LogP contribution is 2.45. The Morgan fingerprint density at radius 1 is 1.33 bits per heavy atom. The van der Waals surface area contributed by atoms with E-state index in [1.54, 1.807) is 0 Å². The van der Waals surface area contributed by atoms with Crippen molar-refractivity contribution in [3.05, 3.63) is 0 Å². The predicted molar refractivity (Wildman–Crippen MR) is 82.4 cm³/mol. The molecule has 106 valence electrons. The monoisotopic (exact) mass is 270 g/mol. The summed E-state index contributed by atoms with van der Waals surface area (Å²) < 4.78 is 0. The minimum Gasteiger partial charge on any atom is -0.308 e. The molecule has 2 nitrogen and oxygen atoms in total. The van der Waals surface area contributed by atoms with Crippen molar-refractivity contribution in [3.8, 4) is 0 Å². The van der Waals surface area contributed by atoms with Crippen molar-refractivity contribution in [1.82, 2.24) is 10.2 Å². The van der Waals surface area contributed by atoms with Gasteiger partial charge in [-0.1, -0.05) is 6.92 Å². The Hall–Kier alpha value is 0.270. The van der Waals surface area contributed by atoms with Crippen LogP contribution in [0.5, 0.6) is 0 Å². The first-order chi connectivity index (χ1) is 8.54. The molecule has 2 fully saturated rings. The van der Waals surface area contributed by atoms with Crippen LogP contribution in [0.15, 0.2) is 0 Å². The van der Waals surface area contributed by atoms with Crippen LogP contribution in [0.4, 0.5) is 0 Å². The number of piperazine rings is 1. The smallest absolute Gasteiger partial charge is 0.0334 e. The van der Waals surface area contributed by atoms with Gasteiger partial charge in [-0.15, -0.1) is 0 Å². The molecule has 1 aliphatic carbocycles. The predicted octanol–water partition coefficient (Wildman–Crippen LogP) is 2.98. The molecule has 2 aliphatic rings. The molecule has 3 heteroatoms. The van der Waals surface area contributed by atoms with Gasteiger partial charge in [0.15, 0.2) is 0 Å². The highest BCUT2D eigenvalue weighted by molar-refractivity contribution is 7.98. The van der Waals surface area contributed by atoms with Crippen LogP contribution < -0.4 is 5.32 Å². The lowest BCUT2D eigenvalue weighted by molar-refractivity contribution is 0.00556. The van der Waals surface area contributed by atoms with E-state index in [-0.39, 0.29) is 0 Å². The number of nitrogens with zero attached hydrogens (tertiary/aromatic N) is 1. The Morgan fingerprint density at radius 2 is 2.06 bits per heavy atom. The van der Waals surface area contributed by atoms with Crippen LogP contribution in [0.1, 0.15) is 46.5 Å². The van der Waals surface area contributed by atoms with Gasteiger partial charge in [0.05, 0.1) is 0 Å². The van der Waals surface area contributed by atoms with E-state index >= 15 is 0 Å². The lowest BCUT2D eigenvalue weighted by atomic mass is 9.84. The zero-order chi connectivity index (χ0) is 13.2. The summed E-state index contributed by atoms with van der Waals surface area (Å²) in [6.07, 6.45) is 7.67. The van der Waals surface area contributed by atoms with E-state index in [4.69, 9.17) is 0 Å². The molecular formula is C15H30N2S. The Bertz CT molecular complexity index is 280. The van der Waals surface area contributed by atoms with E-state index in [0.29, 0.717) is 11.1 Å². The van der Waals surface area contributed by atoms with Crippen LogP contribution in [0, 0.1) is 5.92 Å².